The predicted octanol–water partition coefficient (Wildman–Crippen LogP) is 11.3. The van der Waals surface area contributed by atoms with Crippen LogP contribution in [0.3, 0.4) is 0 Å². The number of phenolic OH excluding ortho intramolecular Hbond substituents is 1. The maximum absolute atomic E-state index is 11.3. The quantitative estimate of drug-likeness (QED) is 0.178. The molecule has 1 aliphatic rings. The fourth-order valence-corrected chi connectivity index (χ4v) is 8.00. The number of aromatic nitrogens is 3. The summed E-state index contributed by atoms with van der Waals surface area (Å²) >= 11 is 0. The summed E-state index contributed by atoms with van der Waals surface area (Å²) in [5, 5.41) is 15.4. The summed E-state index contributed by atoms with van der Waals surface area (Å²) < 4.78 is 14.6. The van der Waals surface area contributed by atoms with E-state index in [1.165, 1.54) is 0 Å². The number of pyridine rings is 1. The van der Waals surface area contributed by atoms with Crippen molar-refractivity contribution in [3.63, 3.8) is 0 Å². The molecule has 0 spiro atoms. The largest absolute Gasteiger partial charge is 0.507 e. The van der Waals surface area contributed by atoms with Gasteiger partial charge in [0.2, 0.25) is 0 Å². The van der Waals surface area contributed by atoms with E-state index in [0.717, 1.165) is 107 Å². The van der Waals surface area contributed by atoms with Crippen LogP contribution in [0.25, 0.3) is 94.7 Å². The van der Waals surface area contributed by atoms with Crippen molar-refractivity contribution in [2.75, 3.05) is 0 Å². The second kappa shape index (κ2) is 12.2. The second-order valence-electron chi connectivity index (χ2n) is 13.3. The minimum atomic E-state index is 0. The number of hydrogen-bond acceptors (Lipinski definition) is 5. The number of phenols is 1. The van der Waals surface area contributed by atoms with Crippen LogP contribution in [-0.4, -0.2) is 19.6 Å². The van der Waals surface area contributed by atoms with Gasteiger partial charge in [0.05, 0.1) is 28.5 Å². The molecule has 7 heteroatoms. The van der Waals surface area contributed by atoms with Crippen LogP contribution in [0.4, 0.5) is 0 Å². The van der Waals surface area contributed by atoms with Gasteiger partial charge in [-0.15, -0.1) is 12.1 Å². The van der Waals surface area contributed by atoms with E-state index in [1.54, 1.807) is 6.07 Å². The molecule has 53 heavy (non-hydrogen) atoms. The van der Waals surface area contributed by atoms with Gasteiger partial charge in [0.1, 0.15) is 22.5 Å². The Kier molecular flexibility index (Phi) is 7.24. The number of aromatic hydroxyl groups is 1. The molecule has 6 aromatic carbocycles. The molecule has 1 N–H and O–H groups in total. The van der Waals surface area contributed by atoms with Crippen LogP contribution in [0, 0.1) is 6.07 Å². The molecule has 6 nitrogen and oxygen atoms in total. The number of nitrogens with zero attached hydrogens (tertiary/aromatic N) is 3. The van der Waals surface area contributed by atoms with Crippen molar-refractivity contribution < 1.29 is 35.0 Å². The van der Waals surface area contributed by atoms with Crippen LogP contribution in [-0.2, 0) is 33.9 Å². The molecule has 0 fully saturated rings. The number of benzene rings is 6. The van der Waals surface area contributed by atoms with Gasteiger partial charge in [0.25, 0.3) is 0 Å². The first-order chi connectivity index (χ1) is 25.7. The van der Waals surface area contributed by atoms with Gasteiger partial charge in [-0.3, -0.25) is 4.98 Å². The summed E-state index contributed by atoms with van der Waals surface area (Å²) in [4.78, 5) is 10.7. The van der Waals surface area contributed by atoms with Gasteiger partial charge in [-0.2, -0.15) is 0 Å². The van der Waals surface area contributed by atoms with Crippen LogP contribution in [0.15, 0.2) is 148 Å². The third kappa shape index (κ3) is 4.90. The van der Waals surface area contributed by atoms with E-state index in [9.17, 15) is 5.11 Å². The van der Waals surface area contributed by atoms with Gasteiger partial charge in [-0.05, 0) is 89.0 Å². The maximum atomic E-state index is 11.3. The predicted molar refractivity (Wildman–Crippen MR) is 206 cm³/mol. The Morgan fingerprint density at radius 1 is 0.642 bits per heavy atom. The van der Waals surface area contributed by atoms with Crippen molar-refractivity contribution in [2.45, 2.75) is 12.8 Å². The first-order valence-corrected chi connectivity index (χ1v) is 17.4. The second-order valence-corrected chi connectivity index (χ2v) is 13.3. The molecule has 1 aliphatic carbocycles. The zero-order chi connectivity index (χ0) is 34.3. The van der Waals surface area contributed by atoms with Crippen molar-refractivity contribution in [3.05, 3.63) is 157 Å². The topological polar surface area (TPSA) is 77.2 Å². The fourth-order valence-electron chi connectivity index (χ4n) is 8.00. The van der Waals surface area contributed by atoms with E-state index < -0.39 is 0 Å². The van der Waals surface area contributed by atoms with Gasteiger partial charge in [0, 0.05) is 49.3 Å². The maximum Gasteiger partial charge on any atom is 0.135 e. The normalized spacial score (nSPS) is 12.3. The number of aryl methyl sites for hydroxylation is 1. The van der Waals surface area contributed by atoms with E-state index in [1.807, 2.05) is 72.8 Å². The number of fused-ring (bicyclic) bond motifs is 9. The molecule has 256 valence electrons. The summed E-state index contributed by atoms with van der Waals surface area (Å²) in [6, 6.07) is 48.1. The first kappa shape index (κ1) is 31.5. The smallest absolute Gasteiger partial charge is 0.135 e. The molecule has 0 unspecified atom stereocenters. The molecule has 0 bridgehead atoms. The molecule has 11 rings (SSSR count). The van der Waals surface area contributed by atoms with Crippen molar-refractivity contribution in [1.82, 2.24) is 14.5 Å². The standard InChI is InChI=1S/C46H28N3O3.Pt/c50-38-16-8-10-27-20-22-31-34(28-21-23-41-35(24-28)30-13-4-6-17-39(30)51-41)25-36(47-45(31)43(27)38)37-26-49(29-11-2-1-3-12-29)46(48-37)33-15-9-19-42-44(33)32-14-5-7-18-40(32)52-42;/h1-14,16-19,21,23-26,50H,20,22H2;/q-1;. The number of imidazole rings is 1. The molecule has 4 aromatic heterocycles. The van der Waals surface area contributed by atoms with E-state index in [2.05, 4.69) is 71.4 Å². The van der Waals surface area contributed by atoms with Gasteiger partial charge in [0.15, 0.2) is 0 Å². The molecule has 0 saturated heterocycles. The molecule has 4 heterocycles. The average Bonchev–Trinajstić information content (AvgIpc) is 3.91. The zero-order valence-electron chi connectivity index (χ0n) is 28.1. The summed E-state index contributed by atoms with van der Waals surface area (Å²) in [5.74, 6) is 0.961. The Bertz CT molecular complexity index is 3050. The van der Waals surface area contributed by atoms with Crippen LogP contribution in [0.2, 0.25) is 0 Å². The van der Waals surface area contributed by atoms with E-state index in [-0.39, 0.29) is 26.8 Å². The summed E-state index contributed by atoms with van der Waals surface area (Å²) in [6.07, 6.45) is 3.67. The van der Waals surface area contributed by atoms with E-state index in [0.29, 0.717) is 11.4 Å². The van der Waals surface area contributed by atoms with E-state index in [4.69, 9.17) is 18.8 Å². The minimum absolute atomic E-state index is 0. The molecular formula is C46H28N3O3Pt-. The molecule has 0 aliphatic heterocycles. The van der Waals surface area contributed by atoms with Crippen LogP contribution in [0.5, 0.6) is 5.75 Å². The first-order valence-electron chi connectivity index (χ1n) is 17.4. The average molecular weight is 866 g/mol. The third-order valence-electron chi connectivity index (χ3n) is 10.4. The molecular weight excluding hydrogens is 838 g/mol. The Balaban J connectivity index is 0.00000349. The number of furan rings is 2. The molecule has 10 aromatic rings. The van der Waals surface area contributed by atoms with Crippen molar-refractivity contribution in [2.24, 2.45) is 0 Å². The van der Waals surface area contributed by atoms with Gasteiger partial charge >= 0.3 is 0 Å². The van der Waals surface area contributed by atoms with Crippen molar-refractivity contribution in [3.8, 4) is 56.6 Å². The van der Waals surface area contributed by atoms with Gasteiger partial charge < -0.3 is 18.5 Å². The van der Waals surface area contributed by atoms with Crippen LogP contribution >= 0.6 is 0 Å². The Labute approximate surface area is 318 Å². The monoisotopic (exact) mass is 865 g/mol. The minimum Gasteiger partial charge on any atom is -0.507 e. The van der Waals surface area contributed by atoms with Crippen LogP contribution in [0.1, 0.15) is 11.1 Å². The SMILES string of the molecule is Oc1cccc2c1-c1nc(-c3cn(-c4ccccc4)c(-c4[c-]ccc5oc6ccccc6c45)n3)cc(-c3ccc4oc5ccccc5c4c3)c1CC2.[Pt]. The van der Waals surface area contributed by atoms with Crippen LogP contribution < -0.4 is 0 Å². The van der Waals surface area contributed by atoms with E-state index >= 15 is 0 Å². The van der Waals surface area contributed by atoms with Crippen molar-refractivity contribution in [1.29, 1.82) is 0 Å². The fraction of sp³-hybridized carbons (Fsp3) is 0.0435. The van der Waals surface area contributed by atoms with Crippen molar-refractivity contribution >= 4 is 43.9 Å². The molecule has 0 radical (unpaired) electrons. The molecule has 0 saturated carbocycles. The third-order valence-corrected chi connectivity index (χ3v) is 10.4. The molecule has 0 amide bonds. The summed E-state index contributed by atoms with van der Waals surface area (Å²) in [7, 11) is 0. The summed E-state index contributed by atoms with van der Waals surface area (Å²) in [6.45, 7) is 0. The number of para-hydroxylation sites is 3. The van der Waals surface area contributed by atoms with Gasteiger partial charge in [-0.25, -0.2) is 4.98 Å². The Morgan fingerprint density at radius 3 is 2.26 bits per heavy atom. The number of hydrogen-bond donors (Lipinski definition) is 1. The zero-order valence-corrected chi connectivity index (χ0v) is 30.4. The summed E-state index contributed by atoms with van der Waals surface area (Å²) in [5.41, 5.74) is 12.4. The number of rotatable bonds is 4. The van der Waals surface area contributed by atoms with Gasteiger partial charge in [-0.1, -0.05) is 89.8 Å². The Hall–Kier alpha value is -6.23. The Morgan fingerprint density at radius 2 is 1.40 bits per heavy atom. The molecule has 0 atom stereocenters.